The van der Waals surface area contributed by atoms with E-state index < -0.39 is 32.5 Å². The van der Waals surface area contributed by atoms with Crippen molar-refractivity contribution in [2.24, 2.45) is 0 Å². The van der Waals surface area contributed by atoms with Crippen LogP contribution in [0.2, 0.25) is 0 Å². The Morgan fingerprint density at radius 1 is 1.00 bits per heavy atom. The van der Waals surface area contributed by atoms with E-state index in [1.807, 2.05) is 24.1 Å². The van der Waals surface area contributed by atoms with Gasteiger partial charge in [-0.25, -0.2) is 17.2 Å². The number of hydrazine groups is 1. The maximum absolute atomic E-state index is 13.2. The maximum Gasteiger partial charge on any atom is 0.266 e. The summed E-state index contributed by atoms with van der Waals surface area (Å²) in [6.07, 6.45) is 0. The Morgan fingerprint density at radius 3 is 2.15 bits per heavy atom. The van der Waals surface area contributed by atoms with Gasteiger partial charge in [0.15, 0.2) is 11.6 Å². The smallest absolute Gasteiger partial charge is 0.266 e. The summed E-state index contributed by atoms with van der Waals surface area (Å²) in [5, 5.41) is 0. The van der Waals surface area contributed by atoms with E-state index in [1.54, 1.807) is 24.3 Å². The Morgan fingerprint density at radius 2 is 1.62 bits per heavy atom. The minimum Gasteiger partial charge on any atom is -0.372 e. The average molecular weight is 383 g/mol. The minimum atomic E-state index is -4.23. The molecule has 0 heterocycles. The van der Waals surface area contributed by atoms with Gasteiger partial charge < -0.3 is 4.90 Å². The molecular formula is C17H19F2N3O3S. The number of benzene rings is 2. The van der Waals surface area contributed by atoms with Gasteiger partial charge in [0.25, 0.3) is 15.9 Å². The molecule has 26 heavy (non-hydrogen) atoms. The zero-order chi connectivity index (χ0) is 19.3. The fourth-order valence-electron chi connectivity index (χ4n) is 2.30. The van der Waals surface area contributed by atoms with Crippen molar-refractivity contribution in [2.75, 3.05) is 18.0 Å². The number of rotatable bonds is 7. The Hall–Kier alpha value is -2.52. The zero-order valence-corrected chi connectivity index (χ0v) is 15.1. The lowest BCUT2D eigenvalue weighted by Gasteiger charge is -2.21. The average Bonchev–Trinajstić information content (AvgIpc) is 2.63. The minimum absolute atomic E-state index is 0.244. The molecule has 2 rings (SSSR count). The van der Waals surface area contributed by atoms with Crippen molar-refractivity contribution in [3.63, 3.8) is 0 Å². The van der Waals surface area contributed by atoms with Crippen molar-refractivity contribution in [3.05, 3.63) is 59.7 Å². The van der Waals surface area contributed by atoms with E-state index in [0.717, 1.165) is 24.8 Å². The number of hydrogen-bond donors (Lipinski definition) is 2. The van der Waals surface area contributed by atoms with Gasteiger partial charge in [0.1, 0.15) is 0 Å². The molecule has 1 amide bonds. The summed E-state index contributed by atoms with van der Waals surface area (Å²) in [6.45, 7) is 5.65. The molecule has 9 heteroatoms. The van der Waals surface area contributed by atoms with Crippen LogP contribution in [0.25, 0.3) is 0 Å². The van der Waals surface area contributed by atoms with Gasteiger partial charge >= 0.3 is 0 Å². The highest BCUT2D eigenvalue weighted by molar-refractivity contribution is 7.89. The number of nitrogens with zero attached hydrogens (tertiary/aromatic N) is 1. The molecule has 140 valence electrons. The van der Waals surface area contributed by atoms with Gasteiger partial charge in [0.2, 0.25) is 0 Å². The Kier molecular flexibility index (Phi) is 6.27. The number of amides is 1. The predicted molar refractivity (Wildman–Crippen MR) is 94.1 cm³/mol. The fraction of sp³-hybridized carbons (Fsp3) is 0.235. The molecule has 0 aromatic heterocycles. The summed E-state index contributed by atoms with van der Waals surface area (Å²) in [6, 6.07) is 8.76. The summed E-state index contributed by atoms with van der Waals surface area (Å²) in [4.78, 5) is 15.5. The molecule has 0 aliphatic heterocycles. The third kappa shape index (κ3) is 4.55. The summed E-state index contributed by atoms with van der Waals surface area (Å²) >= 11 is 0. The number of nitrogens with one attached hydrogen (secondary N) is 2. The summed E-state index contributed by atoms with van der Waals surface area (Å²) in [5.41, 5.74) is 3.22. The van der Waals surface area contributed by atoms with Crippen molar-refractivity contribution in [2.45, 2.75) is 18.7 Å². The largest absolute Gasteiger partial charge is 0.372 e. The van der Waals surface area contributed by atoms with Gasteiger partial charge in [-0.05, 0) is 56.3 Å². The number of anilines is 1. The quantitative estimate of drug-likeness (QED) is 0.720. The predicted octanol–water partition coefficient (Wildman–Crippen LogP) is 2.43. The molecule has 0 radical (unpaired) electrons. The van der Waals surface area contributed by atoms with Crippen LogP contribution in [0.5, 0.6) is 0 Å². The first-order chi connectivity index (χ1) is 12.3. The van der Waals surface area contributed by atoms with E-state index >= 15 is 0 Å². The van der Waals surface area contributed by atoms with Crippen LogP contribution >= 0.6 is 0 Å². The van der Waals surface area contributed by atoms with Crippen LogP contribution in [0.1, 0.15) is 24.2 Å². The van der Waals surface area contributed by atoms with Crippen molar-refractivity contribution in [1.29, 1.82) is 0 Å². The van der Waals surface area contributed by atoms with E-state index in [0.29, 0.717) is 12.1 Å². The monoisotopic (exact) mass is 383 g/mol. The van der Waals surface area contributed by atoms with E-state index in [2.05, 4.69) is 4.90 Å². The molecule has 0 fully saturated rings. The summed E-state index contributed by atoms with van der Waals surface area (Å²) in [7, 11) is -4.23. The molecule has 0 atom stereocenters. The van der Waals surface area contributed by atoms with Gasteiger partial charge in [0, 0.05) is 24.3 Å². The first-order valence-corrected chi connectivity index (χ1v) is 9.39. The molecular weight excluding hydrogens is 364 g/mol. The van der Waals surface area contributed by atoms with Gasteiger partial charge in [-0.2, -0.15) is 0 Å². The Labute approximate surface area is 150 Å². The number of halogens is 2. The zero-order valence-electron chi connectivity index (χ0n) is 14.3. The van der Waals surface area contributed by atoms with Crippen molar-refractivity contribution >= 4 is 21.6 Å². The number of carbonyl (C=O) groups is 1. The molecule has 0 saturated carbocycles. The molecule has 2 N–H and O–H groups in total. The second-order valence-electron chi connectivity index (χ2n) is 5.35. The van der Waals surface area contributed by atoms with Crippen LogP contribution in [-0.4, -0.2) is 27.4 Å². The van der Waals surface area contributed by atoms with Crippen LogP contribution < -0.4 is 15.2 Å². The lowest BCUT2D eigenvalue weighted by atomic mass is 10.2. The molecule has 6 nitrogen and oxygen atoms in total. The van der Waals surface area contributed by atoms with Crippen molar-refractivity contribution in [3.8, 4) is 0 Å². The highest BCUT2D eigenvalue weighted by Crippen LogP contribution is 2.15. The van der Waals surface area contributed by atoms with E-state index in [-0.39, 0.29) is 5.56 Å². The van der Waals surface area contributed by atoms with Crippen LogP contribution in [0.4, 0.5) is 14.5 Å². The number of hydrogen-bond acceptors (Lipinski definition) is 4. The third-order valence-corrected chi connectivity index (χ3v) is 5.00. The molecule has 0 saturated heterocycles. The van der Waals surface area contributed by atoms with Gasteiger partial charge in [-0.1, -0.05) is 0 Å². The van der Waals surface area contributed by atoms with E-state index in [9.17, 15) is 22.0 Å². The third-order valence-electron chi connectivity index (χ3n) is 3.76. The standard InChI is InChI=1S/C17H19F2N3O3S/c1-3-22(4-2)13-7-5-12(6-8-13)17(23)20-21-26(24,25)14-9-10-15(18)16(19)11-14/h5-11,21H,3-4H2,1-2H3,(H,20,23). The molecule has 2 aromatic carbocycles. The lowest BCUT2D eigenvalue weighted by Crippen LogP contribution is -2.41. The van der Waals surface area contributed by atoms with Crippen molar-refractivity contribution in [1.82, 2.24) is 10.3 Å². The van der Waals surface area contributed by atoms with Crippen LogP contribution in [-0.2, 0) is 10.0 Å². The molecule has 0 aliphatic carbocycles. The second kappa shape index (κ2) is 8.24. The fourth-order valence-corrected chi connectivity index (χ4v) is 3.15. The van der Waals surface area contributed by atoms with E-state index in [1.165, 1.54) is 0 Å². The van der Waals surface area contributed by atoms with Gasteiger partial charge in [-0.15, -0.1) is 4.83 Å². The first kappa shape index (κ1) is 19.8. The number of sulfonamides is 1. The maximum atomic E-state index is 13.2. The summed E-state index contributed by atoms with van der Waals surface area (Å²) in [5.74, 6) is -3.14. The SMILES string of the molecule is CCN(CC)c1ccc(C(=O)NNS(=O)(=O)c2ccc(F)c(F)c2)cc1. The van der Waals surface area contributed by atoms with Crippen LogP contribution in [0.3, 0.4) is 0 Å². The normalized spacial score (nSPS) is 11.2. The van der Waals surface area contributed by atoms with Crippen molar-refractivity contribution < 1.29 is 22.0 Å². The second-order valence-corrected chi connectivity index (χ2v) is 7.04. The lowest BCUT2D eigenvalue weighted by molar-refractivity contribution is 0.0945. The summed E-state index contributed by atoms with van der Waals surface area (Å²) < 4.78 is 50.1. The van der Waals surface area contributed by atoms with Gasteiger partial charge in [0.05, 0.1) is 4.90 Å². The van der Waals surface area contributed by atoms with Gasteiger partial charge in [-0.3, -0.25) is 10.2 Å². The topological polar surface area (TPSA) is 78.5 Å². The Bertz CT molecular complexity index is 883. The number of carbonyl (C=O) groups excluding carboxylic acids is 1. The molecule has 0 unspecified atom stereocenters. The van der Waals surface area contributed by atoms with Crippen LogP contribution in [0, 0.1) is 11.6 Å². The highest BCUT2D eigenvalue weighted by Gasteiger charge is 2.18. The Balaban J connectivity index is 2.06. The first-order valence-electron chi connectivity index (χ1n) is 7.90. The highest BCUT2D eigenvalue weighted by atomic mass is 32.2. The molecule has 0 bridgehead atoms. The van der Waals surface area contributed by atoms with E-state index in [4.69, 9.17) is 0 Å². The van der Waals surface area contributed by atoms with Crippen LogP contribution in [0.15, 0.2) is 47.4 Å². The molecule has 0 spiro atoms. The molecule has 2 aromatic rings. The molecule has 0 aliphatic rings.